The van der Waals surface area contributed by atoms with Crippen LogP contribution < -0.4 is 20.5 Å². The summed E-state index contributed by atoms with van der Waals surface area (Å²) in [5.74, 6) is -1.16. The molecule has 0 spiro atoms. The van der Waals surface area contributed by atoms with Crippen LogP contribution in [-0.4, -0.2) is 65.5 Å². The van der Waals surface area contributed by atoms with Gasteiger partial charge in [0.2, 0.25) is 10.0 Å². The van der Waals surface area contributed by atoms with Crippen molar-refractivity contribution in [2.24, 2.45) is 5.73 Å². The van der Waals surface area contributed by atoms with E-state index in [2.05, 4.69) is 14.9 Å². The van der Waals surface area contributed by atoms with Gasteiger partial charge in [-0.15, -0.1) is 0 Å². The normalized spacial score (nSPS) is 17.6. The van der Waals surface area contributed by atoms with Gasteiger partial charge in [-0.05, 0) is 75.8 Å². The summed E-state index contributed by atoms with van der Waals surface area (Å²) in [5.41, 5.74) is 5.13. The number of sulfonamides is 1. The maximum absolute atomic E-state index is 12.8. The van der Waals surface area contributed by atoms with E-state index in [0.29, 0.717) is 0 Å². The highest BCUT2D eigenvalue weighted by atomic mass is 32.2. The van der Waals surface area contributed by atoms with E-state index in [1.165, 1.54) is 36.4 Å². The van der Waals surface area contributed by atoms with E-state index in [1.54, 1.807) is 0 Å². The molecule has 0 aromatic heterocycles. The number of rotatable bonds is 8. The van der Waals surface area contributed by atoms with Crippen LogP contribution in [0.1, 0.15) is 30.1 Å². The van der Waals surface area contributed by atoms with Gasteiger partial charge in [-0.1, -0.05) is 0 Å². The van der Waals surface area contributed by atoms with Gasteiger partial charge in [-0.2, -0.15) is 0 Å². The Labute approximate surface area is 205 Å². The first-order chi connectivity index (χ1) is 16.3. The number of likely N-dealkylation sites (N-methyl/N-ethyl adjacent to an activating group) is 1. The lowest BCUT2D eigenvalue weighted by molar-refractivity contribution is 0.0976. The molecule has 0 bridgehead atoms. The Morgan fingerprint density at radius 1 is 1.17 bits per heavy atom. The maximum Gasteiger partial charge on any atom is 0.257 e. The number of nitrogens with one attached hydrogen (secondary N) is 3. The number of carbonyl (C=O) groups excluding carboxylic acids is 1. The second-order valence-corrected chi connectivity index (χ2v) is 12.2. The number of amides is 1. The van der Waals surface area contributed by atoms with Crippen molar-refractivity contribution in [3.63, 3.8) is 0 Å². The minimum atomic E-state index is -3.80. The molecule has 1 aliphatic rings. The SMILES string of the molecule is CC(NS(=O)(=O)c1ccc(Oc2ccc(C(=O)NC(=N)N)cc2S(C)(=O)=O)cc1)C1CCCN1C. The summed E-state index contributed by atoms with van der Waals surface area (Å²) in [6, 6.07) is 9.19. The Balaban J connectivity index is 1.80. The Bertz CT molecular complexity index is 1330. The van der Waals surface area contributed by atoms with Crippen molar-refractivity contribution in [2.75, 3.05) is 19.8 Å². The second kappa shape index (κ2) is 10.3. The number of nitrogens with zero attached hydrogens (tertiary/aromatic N) is 1. The lowest BCUT2D eigenvalue weighted by Crippen LogP contribution is -2.45. The van der Waals surface area contributed by atoms with E-state index in [1.807, 2.05) is 14.0 Å². The minimum Gasteiger partial charge on any atom is -0.456 e. The van der Waals surface area contributed by atoms with Gasteiger partial charge < -0.3 is 15.4 Å². The highest BCUT2D eigenvalue weighted by molar-refractivity contribution is 7.90. The molecule has 2 unspecified atom stereocenters. The standard InChI is InChI=1S/C22H29N5O6S2/c1-14(18-5-4-12-27(18)2)26-35(31,32)17-9-7-16(8-10-17)33-19-11-6-15(21(28)25-22(23)24)13-20(19)34(3,29)30/h6-11,13-14,18,26H,4-5,12H2,1-3H3,(H4,23,24,25,28). The van der Waals surface area contributed by atoms with E-state index >= 15 is 0 Å². The van der Waals surface area contributed by atoms with Gasteiger partial charge in [-0.25, -0.2) is 21.6 Å². The molecule has 5 N–H and O–H groups in total. The van der Waals surface area contributed by atoms with Crippen LogP contribution in [0.3, 0.4) is 0 Å². The van der Waals surface area contributed by atoms with Crippen LogP contribution in [0.25, 0.3) is 0 Å². The molecule has 1 heterocycles. The van der Waals surface area contributed by atoms with Gasteiger partial charge in [-0.3, -0.25) is 15.5 Å². The van der Waals surface area contributed by atoms with Crippen LogP contribution in [-0.2, 0) is 19.9 Å². The number of sulfone groups is 1. The summed E-state index contributed by atoms with van der Waals surface area (Å²) in [4.78, 5) is 14.0. The van der Waals surface area contributed by atoms with E-state index in [9.17, 15) is 21.6 Å². The first-order valence-electron chi connectivity index (χ1n) is 10.8. The predicted molar refractivity (Wildman–Crippen MR) is 131 cm³/mol. The number of carbonyl (C=O) groups is 1. The minimum absolute atomic E-state index is 0.0254. The molecule has 2 aromatic rings. The van der Waals surface area contributed by atoms with Gasteiger partial charge in [0.15, 0.2) is 15.8 Å². The Morgan fingerprint density at radius 2 is 1.83 bits per heavy atom. The van der Waals surface area contributed by atoms with Crippen molar-refractivity contribution in [2.45, 2.75) is 41.6 Å². The highest BCUT2D eigenvalue weighted by Gasteiger charge is 2.29. The summed E-state index contributed by atoms with van der Waals surface area (Å²) in [7, 11) is -5.59. The Hall–Kier alpha value is -3.00. The van der Waals surface area contributed by atoms with Gasteiger partial charge in [0, 0.05) is 23.9 Å². The molecule has 1 aliphatic heterocycles. The van der Waals surface area contributed by atoms with E-state index in [4.69, 9.17) is 15.9 Å². The molecular weight excluding hydrogens is 494 g/mol. The van der Waals surface area contributed by atoms with Gasteiger partial charge in [0.1, 0.15) is 16.4 Å². The first kappa shape index (κ1) is 26.6. The third-order valence-electron chi connectivity index (χ3n) is 5.71. The Kier molecular flexibility index (Phi) is 7.84. The third kappa shape index (κ3) is 6.57. The second-order valence-electron chi connectivity index (χ2n) is 8.48. The van der Waals surface area contributed by atoms with Crippen LogP contribution in [0.4, 0.5) is 0 Å². The van der Waals surface area contributed by atoms with Crippen LogP contribution in [0, 0.1) is 5.41 Å². The molecule has 0 radical (unpaired) electrons. The molecule has 3 rings (SSSR count). The van der Waals surface area contributed by atoms with Crippen LogP contribution >= 0.6 is 0 Å². The number of hydrogen-bond donors (Lipinski definition) is 4. The molecule has 13 heteroatoms. The smallest absolute Gasteiger partial charge is 0.257 e. The van der Waals surface area contributed by atoms with E-state index in [0.717, 1.165) is 31.7 Å². The molecule has 35 heavy (non-hydrogen) atoms. The molecule has 1 fully saturated rings. The zero-order valence-corrected chi connectivity index (χ0v) is 21.2. The van der Waals surface area contributed by atoms with E-state index in [-0.39, 0.29) is 38.9 Å². The summed E-state index contributed by atoms with van der Waals surface area (Å²) < 4.78 is 58.7. The highest BCUT2D eigenvalue weighted by Crippen LogP contribution is 2.30. The summed E-state index contributed by atoms with van der Waals surface area (Å²) in [6.45, 7) is 2.77. The third-order valence-corrected chi connectivity index (χ3v) is 8.40. The monoisotopic (exact) mass is 523 g/mol. The average molecular weight is 524 g/mol. The predicted octanol–water partition coefficient (Wildman–Crippen LogP) is 1.27. The fourth-order valence-electron chi connectivity index (χ4n) is 3.99. The molecule has 11 nitrogen and oxygen atoms in total. The van der Waals surface area contributed by atoms with Crippen molar-refractivity contribution in [3.05, 3.63) is 48.0 Å². The largest absolute Gasteiger partial charge is 0.456 e. The number of hydrogen-bond acceptors (Lipinski definition) is 8. The lowest BCUT2D eigenvalue weighted by Gasteiger charge is -2.26. The van der Waals surface area contributed by atoms with Gasteiger partial charge in [0.05, 0.1) is 4.90 Å². The summed E-state index contributed by atoms with van der Waals surface area (Å²) >= 11 is 0. The topological polar surface area (TPSA) is 172 Å². The fraction of sp³-hybridized carbons (Fsp3) is 0.364. The Morgan fingerprint density at radius 3 is 2.37 bits per heavy atom. The number of guanidine groups is 1. The summed E-state index contributed by atoms with van der Waals surface area (Å²) in [6.07, 6.45) is 2.91. The molecule has 1 amide bonds. The van der Waals surface area contributed by atoms with Crippen molar-refractivity contribution >= 4 is 31.7 Å². The van der Waals surface area contributed by atoms with E-state index < -0.39 is 31.7 Å². The average Bonchev–Trinajstić information content (AvgIpc) is 3.19. The van der Waals surface area contributed by atoms with Crippen LogP contribution in [0.2, 0.25) is 0 Å². The zero-order chi connectivity index (χ0) is 26.0. The fourth-order valence-corrected chi connectivity index (χ4v) is 6.08. The van der Waals surface area contributed by atoms with Crippen molar-refractivity contribution in [3.8, 4) is 11.5 Å². The molecule has 190 valence electrons. The molecule has 2 atom stereocenters. The number of likely N-dealkylation sites (tertiary alicyclic amines) is 1. The van der Waals surface area contributed by atoms with Gasteiger partial charge >= 0.3 is 0 Å². The molecule has 0 aliphatic carbocycles. The van der Waals surface area contributed by atoms with Crippen molar-refractivity contribution in [1.29, 1.82) is 5.41 Å². The number of benzene rings is 2. The molecule has 1 saturated heterocycles. The van der Waals surface area contributed by atoms with Crippen LogP contribution in [0.15, 0.2) is 52.3 Å². The van der Waals surface area contributed by atoms with Crippen LogP contribution in [0.5, 0.6) is 11.5 Å². The molecule has 2 aromatic carbocycles. The molecule has 0 saturated carbocycles. The lowest BCUT2D eigenvalue weighted by atomic mass is 10.1. The maximum atomic E-state index is 12.8. The zero-order valence-electron chi connectivity index (χ0n) is 19.6. The number of ether oxygens (including phenoxy) is 1. The summed E-state index contributed by atoms with van der Waals surface area (Å²) in [5, 5.41) is 9.23. The van der Waals surface area contributed by atoms with Crippen molar-refractivity contribution in [1.82, 2.24) is 14.9 Å². The first-order valence-corrected chi connectivity index (χ1v) is 14.2. The quantitative estimate of drug-likeness (QED) is 0.296. The number of nitrogens with two attached hydrogens (primary N) is 1. The molecular formula is C22H29N5O6S2. The van der Waals surface area contributed by atoms with Crippen molar-refractivity contribution < 1.29 is 26.4 Å². The van der Waals surface area contributed by atoms with Gasteiger partial charge in [0.25, 0.3) is 5.91 Å².